The van der Waals surface area contributed by atoms with Gasteiger partial charge < -0.3 is 40.5 Å². The second-order valence-corrected chi connectivity index (χ2v) is 6.65. The maximum absolute atomic E-state index is 11.9. The molecule has 6 N–H and O–H groups in total. The number of aliphatic hydroxyl groups excluding tert-OH is 2. The quantitative estimate of drug-likeness (QED) is 0.215. The number of hydrogen-bond donors (Lipinski definition) is 6. The van der Waals surface area contributed by atoms with Gasteiger partial charge in [0.25, 0.3) is 5.79 Å². The van der Waals surface area contributed by atoms with Crippen molar-refractivity contribution in [2.24, 2.45) is 0 Å². The molecule has 29 heavy (non-hydrogen) atoms. The number of ether oxygens (including phenoxy) is 2. The number of carboxylic acids is 2. The molecule has 1 fully saturated rings. The first-order valence-electron chi connectivity index (χ1n) is 9.24. The van der Waals surface area contributed by atoms with E-state index in [1.807, 2.05) is 0 Å². The fourth-order valence-corrected chi connectivity index (χ4v) is 2.92. The third-order valence-electron chi connectivity index (χ3n) is 4.39. The highest BCUT2D eigenvalue weighted by atomic mass is 16.8. The molecule has 1 heterocycles. The molecule has 5 atom stereocenters. The lowest BCUT2D eigenvalue weighted by Gasteiger charge is -2.47. The van der Waals surface area contributed by atoms with Gasteiger partial charge in [-0.05, 0) is 12.8 Å². The van der Waals surface area contributed by atoms with Crippen molar-refractivity contribution < 1.29 is 49.1 Å². The van der Waals surface area contributed by atoms with E-state index in [1.165, 1.54) is 6.92 Å². The van der Waals surface area contributed by atoms with Crippen LogP contribution in [-0.4, -0.2) is 81.1 Å². The lowest BCUT2D eigenvalue weighted by molar-refractivity contribution is -0.353. The zero-order valence-corrected chi connectivity index (χ0v) is 16.3. The molecule has 0 aromatic heterocycles. The number of rotatable bonds is 11. The monoisotopic (exact) mass is 420 g/mol. The van der Waals surface area contributed by atoms with Gasteiger partial charge >= 0.3 is 11.9 Å². The highest BCUT2D eigenvalue weighted by molar-refractivity contribution is 5.79. The Morgan fingerprint density at radius 3 is 2.21 bits per heavy atom. The summed E-state index contributed by atoms with van der Waals surface area (Å²) in [4.78, 5) is 45.6. The Balaban J connectivity index is 2.98. The summed E-state index contributed by atoms with van der Waals surface area (Å²) >= 11 is 0. The van der Waals surface area contributed by atoms with E-state index in [-0.39, 0.29) is 25.9 Å². The van der Waals surface area contributed by atoms with Gasteiger partial charge in [0.05, 0.1) is 12.6 Å². The van der Waals surface area contributed by atoms with E-state index in [2.05, 4.69) is 10.6 Å². The maximum Gasteiger partial charge on any atom is 0.367 e. The zero-order chi connectivity index (χ0) is 22.2. The normalized spacial score (nSPS) is 29.1. The van der Waals surface area contributed by atoms with Crippen LogP contribution in [0.15, 0.2) is 0 Å². The smallest absolute Gasteiger partial charge is 0.367 e. The lowest BCUT2D eigenvalue weighted by atomic mass is 9.90. The van der Waals surface area contributed by atoms with E-state index in [9.17, 15) is 34.5 Å². The number of nitrogens with one attached hydrogen (secondary N) is 2. The van der Waals surface area contributed by atoms with Crippen LogP contribution < -0.4 is 10.6 Å². The van der Waals surface area contributed by atoms with Crippen LogP contribution in [0.5, 0.6) is 0 Å². The largest absolute Gasteiger partial charge is 0.481 e. The molecule has 2 amide bonds. The molecule has 0 aromatic carbocycles. The van der Waals surface area contributed by atoms with Crippen molar-refractivity contribution in [2.75, 3.05) is 6.61 Å². The molecule has 1 saturated heterocycles. The van der Waals surface area contributed by atoms with Crippen LogP contribution in [0.25, 0.3) is 0 Å². The van der Waals surface area contributed by atoms with Crippen LogP contribution in [-0.2, 0) is 28.7 Å². The van der Waals surface area contributed by atoms with Crippen molar-refractivity contribution in [3.63, 3.8) is 0 Å². The topological polar surface area (TPSA) is 192 Å². The molecule has 1 rings (SSSR count). The van der Waals surface area contributed by atoms with Gasteiger partial charge in [-0.1, -0.05) is 13.3 Å². The molecule has 1 aliphatic rings. The number of unbranched alkanes of at least 4 members (excludes halogenated alkanes) is 2. The Morgan fingerprint density at radius 1 is 1.03 bits per heavy atom. The Morgan fingerprint density at radius 2 is 1.69 bits per heavy atom. The molecular weight excluding hydrogens is 392 g/mol. The first kappa shape index (κ1) is 24.8. The molecule has 0 aliphatic carbocycles. The SMILES string of the molecule is CCC(=O)N[C@@H]1[C@@H](NC(C)=O)[C@H](O)O[C@@](OCCCCCC(=O)O)(C(=O)O)[C@H]1O. The molecule has 0 radical (unpaired) electrons. The third-order valence-corrected chi connectivity index (χ3v) is 4.39. The molecule has 0 aromatic rings. The molecule has 1 aliphatic heterocycles. The number of aliphatic hydroxyl groups is 2. The van der Waals surface area contributed by atoms with Gasteiger partial charge in [0.15, 0.2) is 6.29 Å². The van der Waals surface area contributed by atoms with Gasteiger partial charge in [-0.15, -0.1) is 0 Å². The van der Waals surface area contributed by atoms with Crippen molar-refractivity contribution >= 4 is 23.8 Å². The second kappa shape index (κ2) is 11.0. The summed E-state index contributed by atoms with van der Waals surface area (Å²) in [7, 11) is 0. The van der Waals surface area contributed by atoms with Crippen LogP contribution in [0, 0.1) is 0 Å². The predicted octanol–water partition coefficient (Wildman–Crippen LogP) is -1.46. The van der Waals surface area contributed by atoms with Crippen molar-refractivity contribution in [1.29, 1.82) is 0 Å². The molecule has 12 heteroatoms. The number of carbonyl (C=O) groups excluding carboxylic acids is 2. The molecule has 0 bridgehead atoms. The number of carbonyl (C=O) groups is 4. The predicted molar refractivity (Wildman–Crippen MR) is 95.3 cm³/mol. The Kier molecular flexibility index (Phi) is 9.43. The molecular formula is C17H28N2O10. The minimum Gasteiger partial charge on any atom is -0.481 e. The Hall–Kier alpha value is -2.28. The van der Waals surface area contributed by atoms with E-state index in [4.69, 9.17) is 14.6 Å². The standard InChI is InChI=1S/C17H28N2O10/c1-3-10(21)19-12-13(18-9(2)20)15(25)29-17(14(12)24,16(26)27)28-8-6-4-5-7-11(22)23/h12-15,24-25H,3-8H2,1-2H3,(H,18,20)(H,19,21)(H,22,23)(H,26,27)/t12-,13-,14+,15-,17-/m1/s1. The van der Waals surface area contributed by atoms with Gasteiger partial charge in [0.1, 0.15) is 12.1 Å². The maximum atomic E-state index is 11.9. The summed E-state index contributed by atoms with van der Waals surface area (Å²) in [5.41, 5.74) is 0. The van der Waals surface area contributed by atoms with Crippen LogP contribution in [0.3, 0.4) is 0 Å². The third kappa shape index (κ3) is 6.63. The van der Waals surface area contributed by atoms with Crippen molar-refractivity contribution in [1.82, 2.24) is 10.6 Å². The summed E-state index contributed by atoms with van der Waals surface area (Å²) in [6, 6.07) is -2.72. The highest BCUT2D eigenvalue weighted by Crippen LogP contribution is 2.31. The summed E-state index contributed by atoms with van der Waals surface area (Å²) < 4.78 is 10.4. The van der Waals surface area contributed by atoms with Gasteiger partial charge in [-0.2, -0.15) is 0 Å². The van der Waals surface area contributed by atoms with Gasteiger partial charge in [-0.25, -0.2) is 4.79 Å². The Labute approximate surface area is 167 Å². The fourth-order valence-electron chi connectivity index (χ4n) is 2.92. The summed E-state index contributed by atoms with van der Waals surface area (Å²) in [5, 5.41) is 43.9. The molecule has 0 saturated carbocycles. The summed E-state index contributed by atoms with van der Waals surface area (Å²) in [5.74, 6) is -6.52. The first-order valence-corrected chi connectivity index (χ1v) is 9.24. The number of amides is 2. The minimum atomic E-state index is -2.69. The van der Waals surface area contributed by atoms with E-state index in [0.717, 1.165) is 6.92 Å². The van der Waals surface area contributed by atoms with E-state index >= 15 is 0 Å². The van der Waals surface area contributed by atoms with Crippen molar-refractivity contribution in [3.05, 3.63) is 0 Å². The van der Waals surface area contributed by atoms with Crippen molar-refractivity contribution in [2.45, 2.75) is 76.2 Å². The number of hydrogen-bond acceptors (Lipinski definition) is 8. The zero-order valence-electron chi connectivity index (χ0n) is 16.3. The lowest BCUT2D eigenvalue weighted by Crippen LogP contribution is -2.75. The van der Waals surface area contributed by atoms with Gasteiger partial charge in [0, 0.05) is 19.8 Å². The molecule has 0 spiro atoms. The highest BCUT2D eigenvalue weighted by Gasteiger charge is 2.60. The number of carboxylic acid groups (broad SMARTS) is 2. The van der Waals surface area contributed by atoms with Crippen LogP contribution in [0.4, 0.5) is 0 Å². The van der Waals surface area contributed by atoms with E-state index in [0.29, 0.717) is 12.8 Å². The van der Waals surface area contributed by atoms with Crippen molar-refractivity contribution in [3.8, 4) is 0 Å². The minimum absolute atomic E-state index is 0.0114. The van der Waals surface area contributed by atoms with Crippen LogP contribution >= 0.6 is 0 Å². The van der Waals surface area contributed by atoms with E-state index < -0.39 is 54.0 Å². The Bertz CT molecular complexity index is 613. The first-order chi connectivity index (χ1) is 13.5. The average molecular weight is 420 g/mol. The second-order valence-electron chi connectivity index (χ2n) is 6.65. The average Bonchev–Trinajstić information content (AvgIpc) is 2.63. The van der Waals surface area contributed by atoms with Gasteiger partial charge in [0.2, 0.25) is 11.8 Å². The summed E-state index contributed by atoms with van der Waals surface area (Å²) in [6.45, 7) is 2.46. The van der Waals surface area contributed by atoms with Gasteiger partial charge in [-0.3, -0.25) is 14.4 Å². The molecule has 166 valence electrons. The van der Waals surface area contributed by atoms with E-state index in [1.54, 1.807) is 0 Å². The molecule has 12 nitrogen and oxygen atoms in total. The van der Waals surface area contributed by atoms with Crippen LogP contribution in [0.1, 0.15) is 46.0 Å². The fraction of sp³-hybridized carbons (Fsp3) is 0.765. The molecule has 0 unspecified atom stereocenters. The summed E-state index contributed by atoms with van der Waals surface area (Å²) in [6.07, 6.45) is -2.85. The van der Waals surface area contributed by atoms with Crippen LogP contribution in [0.2, 0.25) is 0 Å². The number of aliphatic carboxylic acids is 2.